The second kappa shape index (κ2) is 7.55. The van der Waals surface area contributed by atoms with Crippen molar-refractivity contribution >= 4 is 35.1 Å². The first-order valence-corrected chi connectivity index (χ1v) is 9.46. The number of halogens is 1. The number of fused-ring (bicyclic) bond motifs is 1. The second-order valence-electron chi connectivity index (χ2n) is 6.83. The predicted octanol–water partition coefficient (Wildman–Crippen LogP) is 3.42. The van der Waals surface area contributed by atoms with Crippen LogP contribution in [0.1, 0.15) is 34.3 Å². The maximum Gasteiger partial charge on any atom is 0.253 e. The van der Waals surface area contributed by atoms with Gasteiger partial charge in [-0.3, -0.25) is 9.59 Å². The Hall–Kier alpha value is -3.00. The van der Waals surface area contributed by atoms with Crippen LogP contribution in [0.25, 0.3) is 11.0 Å². The second-order valence-corrected chi connectivity index (χ2v) is 7.23. The number of hydrogen-bond acceptors (Lipinski definition) is 3. The van der Waals surface area contributed by atoms with Gasteiger partial charge >= 0.3 is 0 Å². The highest BCUT2D eigenvalue weighted by molar-refractivity contribution is 7.71. The van der Waals surface area contributed by atoms with Crippen LogP contribution in [0.4, 0.5) is 4.39 Å². The summed E-state index contributed by atoms with van der Waals surface area (Å²) in [7, 11) is 0. The molecule has 0 unspecified atom stereocenters. The first-order valence-electron chi connectivity index (χ1n) is 9.05. The number of likely N-dealkylation sites (tertiary alicyclic amines) is 1. The Morgan fingerprint density at radius 1 is 1.21 bits per heavy atom. The molecule has 1 aromatic heterocycles. The van der Waals surface area contributed by atoms with Crippen LogP contribution in [-0.2, 0) is 17.9 Å². The van der Waals surface area contributed by atoms with Crippen LogP contribution in [0.5, 0.6) is 0 Å². The van der Waals surface area contributed by atoms with Crippen LogP contribution in [0, 0.1) is 10.6 Å². The molecule has 4 rings (SSSR count). The number of aromatic amines is 2. The van der Waals surface area contributed by atoms with Crippen molar-refractivity contribution in [2.45, 2.75) is 25.9 Å². The fraction of sp³-hybridized carbons (Fsp3) is 0.250. The molecule has 0 radical (unpaired) electrons. The Morgan fingerprint density at radius 3 is 2.75 bits per heavy atom. The molecule has 1 saturated heterocycles. The number of nitrogens with one attached hydrogen (secondary N) is 3. The molecule has 0 atom stereocenters. The summed E-state index contributed by atoms with van der Waals surface area (Å²) >= 11 is 5.04. The zero-order chi connectivity index (χ0) is 19.7. The lowest BCUT2D eigenvalue weighted by Crippen LogP contribution is -2.27. The van der Waals surface area contributed by atoms with Gasteiger partial charge in [-0.15, -0.1) is 0 Å². The molecule has 8 heteroatoms. The summed E-state index contributed by atoms with van der Waals surface area (Å²) in [5.41, 5.74) is 3.02. The van der Waals surface area contributed by atoms with E-state index >= 15 is 0 Å². The zero-order valence-corrected chi connectivity index (χ0v) is 15.9. The van der Waals surface area contributed by atoms with Gasteiger partial charge in [0.05, 0.1) is 16.6 Å². The van der Waals surface area contributed by atoms with E-state index in [9.17, 15) is 14.0 Å². The van der Waals surface area contributed by atoms with Crippen LogP contribution < -0.4 is 5.32 Å². The van der Waals surface area contributed by atoms with E-state index < -0.39 is 11.7 Å². The molecule has 144 valence electrons. The van der Waals surface area contributed by atoms with E-state index in [4.69, 9.17) is 12.2 Å². The number of rotatable bonds is 5. The van der Waals surface area contributed by atoms with Gasteiger partial charge in [-0.05, 0) is 41.9 Å². The standard InChI is InChI=1S/C20H19FN4O2S/c21-14-8-15(18-16(9-14)23-20(28)24-18)19(27)22-10-12-4-1-2-5-13(12)11-25-7-3-6-17(25)26/h1-2,4-5,8-9H,3,6-7,10-11H2,(H,22,27)(H2,23,24,28). The largest absolute Gasteiger partial charge is 0.348 e. The number of imidazole rings is 1. The summed E-state index contributed by atoms with van der Waals surface area (Å²) in [6.45, 7) is 1.56. The maximum atomic E-state index is 13.9. The fourth-order valence-electron chi connectivity index (χ4n) is 3.52. The third-order valence-electron chi connectivity index (χ3n) is 4.92. The van der Waals surface area contributed by atoms with E-state index in [1.165, 1.54) is 12.1 Å². The van der Waals surface area contributed by atoms with Gasteiger partial charge in [-0.25, -0.2) is 4.39 Å². The molecule has 0 saturated carbocycles. The number of hydrogen-bond donors (Lipinski definition) is 3. The molecule has 2 amide bonds. The SMILES string of the molecule is O=C(NCc1ccccc1CN1CCCC1=O)c1cc(F)cc2[nH]c(=S)[nH]c12. The van der Waals surface area contributed by atoms with Gasteiger partial charge in [0.25, 0.3) is 5.91 Å². The lowest BCUT2D eigenvalue weighted by atomic mass is 10.1. The highest BCUT2D eigenvalue weighted by Gasteiger charge is 2.21. The Morgan fingerprint density at radius 2 is 2.00 bits per heavy atom. The Labute approximate surface area is 165 Å². The van der Waals surface area contributed by atoms with Crippen molar-refractivity contribution in [1.29, 1.82) is 0 Å². The monoisotopic (exact) mass is 398 g/mol. The number of H-pyrrole nitrogens is 2. The van der Waals surface area contributed by atoms with E-state index in [-0.39, 0.29) is 18.0 Å². The van der Waals surface area contributed by atoms with E-state index in [1.54, 1.807) is 0 Å². The van der Waals surface area contributed by atoms with Crippen LogP contribution in [0.15, 0.2) is 36.4 Å². The summed E-state index contributed by atoms with van der Waals surface area (Å²) in [5, 5.41) is 2.84. The van der Waals surface area contributed by atoms with Crippen molar-refractivity contribution in [2.24, 2.45) is 0 Å². The number of aromatic nitrogens is 2. The quantitative estimate of drug-likeness (QED) is 0.576. The smallest absolute Gasteiger partial charge is 0.253 e. The minimum absolute atomic E-state index is 0.156. The van der Waals surface area contributed by atoms with Gasteiger partial charge in [-0.1, -0.05) is 24.3 Å². The summed E-state index contributed by atoms with van der Waals surface area (Å²) in [6, 6.07) is 10.2. The summed E-state index contributed by atoms with van der Waals surface area (Å²) < 4.78 is 14.2. The van der Waals surface area contributed by atoms with Crippen molar-refractivity contribution in [3.63, 3.8) is 0 Å². The average molecular weight is 398 g/mol. The molecule has 28 heavy (non-hydrogen) atoms. The third kappa shape index (κ3) is 3.68. The number of benzene rings is 2. The third-order valence-corrected chi connectivity index (χ3v) is 5.13. The number of amides is 2. The van der Waals surface area contributed by atoms with Gasteiger partial charge < -0.3 is 20.2 Å². The minimum atomic E-state index is -0.518. The van der Waals surface area contributed by atoms with Gasteiger partial charge in [0, 0.05) is 26.1 Å². The summed E-state index contributed by atoms with van der Waals surface area (Å²) in [5.74, 6) is -0.763. The molecule has 1 aliphatic heterocycles. The molecule has 2 heterocycles. The number of carbonyl (C=O) groups is 2. The van der Waals surface area contributed by atoms with Gasteiger partial charge in [0.1, 0.15) is 5.82 Å². The van der Waals surface area contributed by atoms with Crippen molar-refractivity contribution in [3.05, 3.63) is 63.7 Å². The molecule has 3 aromatic rings. The van der Waals surface area contributed by atoms with E-state index in [0.717, 1.165) is 24.1 Å². The predicted molar refractivity (Wildman–Crippen MR) is 106 cm³/mol. The summed E-state index contributed by atoms with van der Waals surface area (Å²) in [4.78, 5) is 32.1. The molecule has 1 fully saturated rings. The van der Waals surface area contributed by atoms with Gasteiger partial charge in [-0.2, -0.15) is 0 Å². The lowest BCUT2D eigenvalue weighted by Gasteiger charge is -2.18. The Kier molecular flexibility index (Phi) is 4.95. The molecule has 0 aliphatic carbocycles. The van der Waals surface area contributed by atoms with Crippen LogP contribution >= 0.6 is 12.2 Å². The molecule has 3 N–H and O–H groups in total. The van der Waals surface area contributed by atoms with E-state index in [0.29, 0.717) is 28.8 Å². The molecule has 1 aliphatic rings. The highest BCUT2D eigenvalue weighted by Crippen LogP contribution is 2.19. The van der Waals surface area contributed by atoms with Crippen molar-refractivity contribution in [1.82, 2.24) is 20.2 Å². The molecular weight excluding hydrogens is 379 g/mol. The first kappa shape index (κ1) is 18.4. The topological polar surface area (TPSA) is 81.0 Å². The highest BCUT2D eigenvalue weighted by atomic mass is 32.1. The van der Waals surface area contributed by atoms with Crippen LogP contribution in [0.2, 0.25) is 0 Å². The normalized spacial score (nSPS) is 14.0. The zero-order valence-electron chi connectivity index (χ0n) is 15.0. The molecule has 6 nitrogen and oxygen atoms in total. The molecule has 0 bridgehead atoms. The average Bonchev–Trinajstić information content (AvgIpc) is 3.24. The van der Waals surface area contributed by atoms with Gasteiger partial charge in [0.2, 0.25) is 5.91 Å². The van der Waals surface area contributed by atoms with Crippen molar-refractivity contribution in [2.75, 3.05) is 6.54 Å². The van der Waals surface area contributed by atoms with Crippen molar-refractivity contribution < 1.29 is 14.0 Å². The minimum Gasteiger partial charge on any atom is -0.348 e. The number of nitrogens with zero attached hydrogens (tertiary/aromatic N) is 1. The lowest BCUT2D eigenvalue weighted by molar-refractivity contribution is -0.128. The van der Waals surface area contributed by atoms with Crippen LogP contribution in [-0.4, -0.2) is 33.2 Å². The van der Waals surface area contributed by atoms with Crippen LogP contribution in [0.3, 0.4) is 0 Å². The fourth-order valence-corrected chi connectivity index (χ4v) is 3.73. The van der Waals surface area contributed by atoms with Gasteiger partial charge in [0.15, 0.2) is 4.77 Å². The maximum absolute atomic E-state index is 13.9. The Balaban J connectivity index is 1.53. The molecule has 0 spiro atoms. The first-order chi connectivity index (χ1) is 13.5. The summed E-state index contributed by atoms with van der Waals surface area (Å²) in [6.07, 6.45) is 1.47. The molecule has 2 aromatic carbocycles. The molecular formula is C20H19FN4O2S. The van der Waals surface area contributed by atoms with Crippen molar-refractivity contribution in [3.8, 4) is 0 Å². The Bertz CT molecular complexity index is 1120. The number of carbonyl (C=O) groups excluding carboxylic acids is 2. The van der Waals surface area contributed by atoms with E-state index in [1.807, 2.05) is 29.2 Å². The van der Waals surface area contributed by atoms with E-state index in [2.05, 4.69) is 15.3 Å².